The van der Waals surface area contributed by atoms with Crippen molar-refractivity contribution in [2.45, 2.75) is 0 Å². The van der Waals surface area contributed by atoms with Crippen LogP contribution in [0.25, 0.3) is 67.5 Å². The molecule has 0 N–H and O–H groups in total. The third-order valence-corrected chi connectivity index (χ3v) is 7.14. The molecule has 0 aliphatic rings. The van der Waals surface area contributed by atoms with E-state index in [1.807, 2.05) is 91.0 Å². The zero-order valence-corrected chi connectivity index (χ0v) is 26.2. The van der Waals surface area contributed by atoms with Crippen molar-refractivity contribution in [2.24, 2.45) is 0 Å². The molecule has 201 valence electrons. The molecule has 1 aromatic heterocycles. The first-order chi connectivity index (χ1) is 20.8. The number of nitrogens with zero attached hydrogens (tertiary/aromatic N) is 3. The Labute approximate surface area is 277 Å². The minimum absolute atomic E-state index is 0. The minimum Gasteiger partial charge on any atom is -0.216 e. The average molecular weight is 625 g/mol. The van der Waals surface area contributed by atoms with E-state index in [1.165, 1.54) is 0 Å². The Hall–Kier alpha value is -4.57. The molecule has 0 atom stereocenters. The van der Waals surface area contributed by atoms with Crippen LogP contribution in [0, 0.1) is 12.1 Å². The van der Waals surface area contributed by atoms with Crippen molar-refractivity contribution in [1.29, 1.82) is 0 Å². The molecular formula is C39H25N3Y-2. The van der Waals surface area contributed by atoms with Crippen molar-refractivity contribution < 1.29 is 32.7 Å². The van der Waals surface area contributed by atoms with Gasteiger partial charge in [-0.3, -0.25) is 0 Å². The van der Waals surface area contributed by atoms with Gasteiger partial charge in [-0.15, -0.1) is 11.6 Å². The average Bonchev–Trinajstić information content (AvgIpc) is 3.09. The van der Waals surface area contributed by atoms with E-state index < -0.39 is 0 Å². The van der Waals surface area contributed by atoms with E-state index in [2.05, 4.69) is 72.8 Å². The van der Waals surface area contributed by atoms with Gasteiger partial charge in [0, 0.05) is 43.8 Å². The predicted molar refractivity (Wildman–Crippen MR) is 170 cm³/mol. The molecule has 1 radical (unpaired) electrons. The summed E-state index contributed by atoms with van der Waals surface area (Å²) in [5.41, 5.74) is 8.74. The molecule has 3 nitrogen and oxygen atoms in total. The smallest absolute Gasteiger partial charge is 0.163 e. The van der Waals surface area contributed by atoms with Crippen molar-refractivity contribution in [3.8, 4) is 67.5 Å². The van der Waals surface area contributed by atoms with Gasteiger partial charge in [-0.1, -0.05) is 132 Å². The molecule has 0 aliphatic heterocycles. The van der Waals surface area contributed by atoms with E-state index in [0.29, 0.717) is 17.5 Å². The normalized spacial score (nSPS) is 10.6. The molecule has 4 heteroatoms. The van der Waals surface area contributed by atoms with Gasteiger partial charge in [0.25, 0.3) is 0 Å². The Balaban J connectivity index is 0.00000329. The van der Waals surface area contributed by atoms with Crippen molar-refractivity contribution >= 4 is 0 Å². The van der Waals surface area contributed by atoms with Gasteiger partial charge >= 0.3 is 0 Å². The third-order valence-electron chi connectivity index (χ3n) is 7.14. The summed E-state index contributed by atoms with van der Waals surface area (Å²) in [5.74, 6) is 1.84. The molecule has 0 unspecified atom stereocenters. The summed E-state index contributed by atoms with van der Waals surface area (Å²) in [6, 6.07) is 58.2. The van der Waals surface area contributed by atoms with Crippen LogP contribution in [0.2, 0.25) is 0 Å². The van der Waals surface area contributed by atoms with Crippen LogP contribution < -0.4 is 0 Å². The van der Waals surface area contributed by atoms with Gasteiger partial charge in [0.15, 0.2) is 11.6 Å². The Morgan fingerprint density at radius 2 is 0.884 bits per heavy atom. The number of rotatable bonds is 6. The van der Waals surface area contributed by atoms with Crippen LogP contribution in [0.3, 0.4) is 0 Å². The van der Waals surface area contributed by atoms with Crippen LogP contribution in [0.15, 0.2) is 152 Å². The quantitative estimate of drug-likeness (QED) is 0.173. The first-order valence-corrected chi connectivity index (χ1v) is 13.9. The van der Waals surface area contributed by atoms with Crippen molar-refractivity contribution in [3.05, 3.63) is 164 Å². The zero-order chi connectivity index (χ0) is 28.1. The fraction of sp³-hybridized carbons (Fsp3) is 0. The van der Waals surface area contributed by atoms with Gasteiger partial charge < -0.3 is 0 Å². The Kier molecular flexibility index (Phi) is 8.74. The maximum atomic E-state index is 5.12. The van der Waals surface area contributed by atoms with Crippen molar-refractivity contribution in [1.82, 2.24) is 15.0 Å². The molecule has 0 amide bonds. The van der Waals surface area contributed by atoms with Gasteiger partial charge in [0.1, 0.15) is 5.82 Å². The minimum atomic E-state index is 0. The maximum absolute atomic E-state index is 5.12. The summed E-state index contributed by atoms with van der Waals surface area (Å²) in [7, 11) is 0. The molecule has 0 fully saturated rings. The van der Waals surface area contributed by atoms with Crippen LogP contribution >= 0.6 is 0 Å². The Bertz CT molecular complexity index is 1830. The molecule has 7 aromatic rings. The molecule has 0 bridgehead atoms. The van der Waals surface area contributed by atoms with Crippen LogP contribution in [0.4, 0.5) is 0 Å². The molecule has 6 aromatic carbocycles. The van der Waals surface area contributed by atoms with E-state index in [1.54, 1.807) is 0 Å². The van der Waals surface area contributed by atoms with Crippen LogP contribution in [0.1, 0.15) is 0 Å². The molecule has 0 saturated carbocycles. The van der Waals surface area contributed by atoms with Gasteiger partial charge in [-0.2, -0.15) is 42.0 Å². The second kappa shape index (κ2) is 13.2. The number of aromatic nitrogens is 3. The monoisotopic (exact) mass is 624 g/mol. The number of hydrogen-bond acceptors (Lipinski definition) is 3. The molecule has 7 rings (SSSR count). The summed E-state index contributed by atoms with van der Waals surface area (Å²) < 4.78 is 0. The summed E-state index contributed by atoms with van der Waals surface area (Å²) in [4.78, 5) is 15.2. The van der Waals surface area contributed by atoms with Gasteiger partial charge in [-0.25, -0.2) is 20.5 Å². The van der Waals surface area contributed by atoms with E-state index in [-0.39, 0.29) is 32.7 Å². The first kappa shape index (κ1) is 28.5. The van der Waals surface area contributed by atoms with E-state index in [4.69, 9.17) is 15.0 Å². The Morgan fingerprint density at radius 1 is 0.419 bits per heavy atom. The molecule has 0 aliphatic carbocycles. The Morgan fingerprint density at radius 3 is 1.40 bits per heavy atom. The molecule has 1 heterocycles. The summed E-state index contributed by atoms with van der Waals surface area (Å²) in [6.07, 6.45) is 0. The van der Waals surface area contributed by atoms with Crippen LogP contribution in [-0.2, 0) is 32.7 Å². The molecule has 43 heavy (non-hydrogen) atoms. The standard InChI is InChI=1S/C39H25N3.Y/c1-6-16-28(17-7-1)33-26-34(29-18-8-2-9-19-29)36(35(27-33)30-20-10-3-11-21-30)39-41-37(31-22-12-4-13-23-31)40-38(42-39)32-24-14-5-15-25-32;/h1-16,18-26H;/q-2;. The summed E-state index contributed by atoms with van der Waals surface area (Å²) in [6.45, 7) is 0. The van der Waals surface area contributed by atoms with Crippen LogP contribution in [0.5, 0.6) is 0 Å². The topological polar surface area (TPSA) is 38.7 Å². The summed E-state index contributed by atoms with van der Waals surface area (Å²) in [5, 5.41) is 0. The SMILES string of the molecule is [Y].[c-]1ccccc1-c1[c-]c(-c2ccccc2)c(-c2nc(-c3ccccc3)nc(-c3ccccc3)n2)c(-c2ccccc2)c1. The van der Waals surface area contributed by atoms with Crippen LogP contribution in [-0.4, -0.2) is 15.0 Å². The number of benzene rings is 6. The van der Waals surface area contributed by atoms with E-state index in [0.717, 1.165) is 50.1 Å². The van der Waals surface area contributed by atoms with E-state index >= 15 is 0 Å². The number of hydrogen-bond donors (Lipinski definition) is 0. The fourth-order valence-electron chi connectivity index (χ4n) is 5.11. The molecular weight excluding hydrogens is 599 g/mol. The predicted octanol–water partition coefficient (Wildman–Crippen LogP) is 9.47. The maximum Gasteiger partial charge on any atom is 0.163 e. The van der Waals surface area contributed by atoms with Gasteiger partial charge in [0.2, 0.25) is 0 Å². The van der Waals surface area contributed by atoms with Gasteiger partial charge in [-0.05, 0) is 11.1 Å². The fourth-order valence-corrected chi connectivity index (χ4v) is 5.11. The largest absolute Gasteiger partial charge is 0.216 e. The van der Waals surface area contributed by atoms with Crippen molar-refractivity contribution in [2.75, 3.05) is 0 Å². The van der Waals surface area contributed by atoms with Crippen molar-refractivity contribution in [3.63, 3.8) is 0 Å². The third kappa shape index (κ3) is 6.15. The molecule has 0 saturated heterocycles. The molecule has 0 spiro atoms. The van der Waals surface area contributed by atoms with Gasteiger partial charge in [0.05, 0.1) is 0 Å². The zero-order valence-electron chi connectivity index (χ0n) is 23.4. The summed E-state index contributed by atoms with van der Waals surface area (Å²) >= 11 is 0. The first-order valence-electron chi connectivity index (χ1n) is 13.9. The van der Waals surface area contributed by atoms with E-state index in [9.17, 15) is 0 Å². The second-order valence-electron chi connectivity index (χ2n) is 9.89. The second-order valence-corrected chi connectivity index (χ2v) is 9.89.